The van der Waals surface area contributed by atoms with Crippen LogP contribution in [0.5, 0.6) is 0 Å². The molecule has 0 bridgehead atoms. The van der Waals surface area contributed by atoms with E-state index in [1.54, 1.807) is 18.2 Å². The van der Waals surface area contributed by atoms with E-state index in [4.69, 9.17) is 4.55 Å². The van der Waals surface area contributed by atoms with Gasteiger partial charge in [-0.05, 0) is 12.1 Å². The number of hydrogen-bond donors (Lipinski definition) is 1. The van der Waals surface area contributed by atoms with Gasteiger partial charge in [0.05, 0.1) is 4.90 Å². The summed E-state index contributed by atoms with van der Waals surface area (Å²) < 4.78 is 29.2. The van der Waals surface area contributed by atoms with Crippen LogP contribution < -0.4 is 0 Å². The Hall–Kier alpha value is 0.701. The van der Waals surface area contributed by atoms with Crippen molar-refractivity contribution in [1.29, 1.82) is 0 Å². The summed E-state index contributed by atoms with van der Waals surface area (Å²) >= 11 is 0. The normalized spacial score (nSPS) is 10.3. The van der Waals surface area contributed by atoms with E-state index in [-0.39, 0.29) is 53.8 Å². The molecule has 11 heavy (non-hydrogen) atoms. The van der Waals surface area contributed by atoms with E-state index in [1.165, 1.54) is 12.1 Å². The first kappa shape index (κ1) is 11.7. The predicted molar refractivity (Wildman–Crippen MR) is 44.8 cm³/mol. The van der Waals surface area contributed by atoms with E-state index >= 15 is 0 Å². The van der Waals surface area contributed by atoms with Gasteiger partial charge in [-0.25, -0.2) is 0 Å². The third-order valence-corrected chi connectivity index (χ3v) is 1.91. The van der Waals surface area contributed by atoms with Crippen LogP contribution in [0.15, 0.2) is 35.2 Å². The first-order valence-corrected chi connectivity index (χ1v) is 4.07. The van der Waals surface area contributed by atoms with Gasteiger partial charge in [0.25, 0.3) is 10.1 Å². The third-order valence-electron chi connectivity index (χ3n) is 1.04. The average Bonchev–Trinajstić information content (AvgIpc) is 1.88. The molecule has 3 nitrogen and oxygen atoms in total. The van der Waals surface area contributed by atoms with Crippen LogP contribution in [0.1, 0.15) is 0 Å². The molecule has 1 rings (SSSR count). The van der Waals surface area contributed by atoms with Crippen LogP contribution in [0.25, 0.3) is 0 Å². The molecule has 5 heteroatoms. The Balaban J connectivity index is 0.000001000. The standard InChI is InChI=1S/C6H6O3S.Ba.2H/c7-10(8,9)6-4-2-1-3-5-6;;;/h1-5H,(H,7,8,9);;;. The van der Waals surface area contributed by atoms with Gasteiger partial charge in [0.2, 0.25) is 0 Å². The van der Waals surface area contributed by atoms with Crippen LogP contribution in [0, 0.1) is 0 Å². The molecule has 0 aromatic heterocycles. The van der Waals surface area contributed by atoms with Crippen molar-refractivity contribution in [1.82, 2.24) is 0 Å². The molecule has 0 heterocycles. The Morgan fingerprint density at radius 1 is 1.09 bits per heavy atom. The topological polar surface area (TPSA) is 54.4 Å². The van der Waals surface area contributed by atoms with Crippen molar-refractivity contribution in [2.24, 2.45) is 0 Å². The molecular weight excluding hydrogens is 289 g/mol. The van der Waals surface area contributed by atoms with E-state index in [1.807, 2.05) is 0 Å². The molecule has 0 aliphatic heterocycles. The maximum absolute atomic E-state index is 10.4. The van der Waals surface area contributed by atoms with E-state index in [0.29, 0.717) is 0 Å². The fraction of sp³-hybridized carbons (Fsp3) is 0. The molecule has 1 N–H and O–H groups in total. The Morgan fingerprint density at radius 2 is 1.55 bits per heavy atom. The average molecular weight is 298 g/mol. The second-order valence-electron chi connectivity index (χ2n) is 1.79. The van der Waals surface area contributed by atoms with Crippen LogP contribution in [0.2, 0.25) is 0 Å². The molecule has 58 valence electrons. The zero-order chi connectivity index (χ0) is 7.61. The monoisotopic (exact) mass is 298 g/mol. The quantitative estimate of drug-likeness (QED) is 0.587. The summed E-state index contributed by atoms with van der Waals surface area (Å²) in [6.07, 6.45) is 0. The summed E-state index contributed by atoms with van der Waals surface area (Å²) in [5.74, 6) is 0. The van der Waals surface area contributed by atoms with Gasteiger partial charge >= 0.3 is 48.9 Å². The van der Waals surface area contributed by atoms with Crippen LogP contribution in [0.3, 0.4) is 0 Å². The van der Waals surface area contributed by atoms with Crippen molar-refractivity contribution in [3.05, 3.63) is 30.3 Å². The predicted octanol–water partition coefficient (Wildman–Crippen LogP) is 0.0171. The molecule has 0 radical (unpaired) electrons. The van der Waals surface area contributed by atoms with Crippen molar-refractivity contribution < 1.29 is 13.0 Å². The molecule has 1 aromatic carbocycles. The fourth-order valence-corrected chi connectivity index (χ4v) is 1.09. The van der Waals surface area contributed by atoms with E-state index < -0.39 is 10.1 Å². The van der Waals surface area contributed by atoms with Crippen LogP contribution in [0.4, 0.5) is 0 Å². The van der Waals surface area contributed by atoms with Crippen molar-refractivity contribution in [3.8, 4) is 0 Å². The molecule has 0 unspecified atom stereocenters. The first-order valence-electron chi connectivity index (χ1n) is 2.63. The molecular formula is C6H8BaO3S. The Kier molecular flexibility index (Phi) is 4.96. The number of hydrogen-bond acceptors (Lipinski definition) is 2. The summed E-state index contributed by atoms with van der Waals surface area (Å²) in [6.45, 7) is 0. The van der Waals surface area contributed by atoms with E-state index in [9.17, 15) is 8.42 Å². The van der Waals surface area contributed by atoms with Crippen molar-refractivity contribution in [2.45, 2.75) is 4.90 Å². The Labute approximate surface area is 106 Å². The molecule has 0 amide bonds. The Bertz CT molecular complexity index is 306. The summed E-state index contributed by atoms with van der Waals surface area (Å²) in [7, 11) is -4.00. The number of rotatable bonds is 1. The van der Waals surface area contributed by atoms with Crippen LogP contribution >= 0.6 is 0 Å². The zero-order valence-electron chi connectivity index (χ0n) is 5.06. The van der Waals surface area contributed by atoms with E-state index in [0.717, 1.165) is 0 Å². The minimum absolute atomic E-state index is 0. The summed E-state index contributed by atoms with van der Waals surface area (Å²) in [5.41, 5.74) is 0. The van der Waals surface area contributed by atoms with Crippen LogP contribution in [-0.2, 0) is 10.1 Å². The summed E-state index contributed by atoms with van der Waals surface area (Å²) in [6, 6.07) is 7.42. The van der Waals surface area contributed by atoms with E-state index in [2.05, 4.69) is 0 Å². The van der Waals surface area contributed by atoms with Crippen molar-refractivity contribution in [3.63, 3.8) is 0 Å². The van der Waals surface area contributed by atoms with Gasteiger partial charge in [-0.3, -0.25) is 4.55 Å². The van der Waals surface area contributed by atoms with Gasteiger partial charge in [-0.1, -0.05) is 18.2 Å². The van der Waals surface area contributed by atoms with Crippen LogP contribution in [-0.4, -0.2) is 61.9 Å². The molecule has 0 atom stereocenters. The maximum atomic E-state index is 10.4. The van der Waals surface area contributed by atoms with Gasteiger partial charge in [0, 0.05) is 0 Å². The molecule has 0 fully saturated rings. The number of benzene rings is 1. The summed E-state index contributed by atoms with van der Waals surface area (Å²) in [5, 5.41) is 0. The molecule has 0 saturated carbocycles. The first-order chi connectivity index (χ1) is 4.61. The molecule has 0 spiro atoms. The second kappa shape index (κ2) is 4.66. The second-order valence-corrected chi connectivity index (χ2v) is 3.21. The van der Waals surface area contributed by atoms with Crippen molar-refractivity contribution in [2.75, 3.05) is 0 Å². The van der Waals surface area contributed by atoms with Gasteiger partial charge < -0.3 is 0 Å². The third kappa shape index (κ3) is 3.75. The van der Waals surface area contributed by atoms with Gasteiger partial charge in [0.15, 0.2) is 0 Å². The zero-order valence-corrected chi connectivity index (χ0v) is 5.88. The molecule has 1 aromatic rings. The summed E-state index contributed by atoms with van der Waals surface area (Å²) in [4.78, 5) is -0.0741. The minimum atomic E-state index is -4.00. The molecule has 0 aliphatic carbocycles. The molecule has 0 aliphatic rings. The SMILES string of the molecule is O=S(=O)(O)c1ccccc1.[BaH2]. The van der Waals surface area contributed by atoms with Crippen molar-refractivity contribution >= 4 is 59.0 Å². The Morgan fingerprint density at radius 3 is 1.82 bits per heavy atom. The van der Waals surface area contributed by atoms with Gasteiger partial charge in [-0.15, -0.1) is 0 Å². The van der Waals surface area contributed by atoms with Gasteiger partial charge in [-0.2, -0.15) is 8.42 Å². The fourth-order valence-electron chi connectivity index (χ4n) is 0.592. The van der Waals surface area contributed by atoms with Gasteiger partial charge in [0.1, 0.15) is 0 Å². The molecule has 0 saturated heterocycles.